The molecule has 1 saturated heterocycles. The van der Waals surface area contributed by atoms with Gasteiger partial charge in [-0.15, -0.1) is 0 Å². The average Bonchev–Trinajstić information content (AvgIpc) is 2.43. The minimum absolute atomic E-state index is 0.729. The molecule has 1 aromatic rings. The van der Waals surface area contributed by atoms with Crippen LogP contribution in [0.25, 0.3) is 0 Å². The van der Waals surface area contributed by atoms with Crippen molar-refractivity contribution in [1.29, 1.82) is 0 Å². The van der Waals surface area contributed by atoms with Crippen molar-refractivity contribution in [3.8, 4) is 0 Å². The van der Waals surface area contributed by atoms with E-state index in [1.807, 2.05) is 0 Å². The van der Waals surface area contributed by atoms with Gasteiger partial charge in [-0.1, -0.05) is 25.1 Å². The van der Waals surface area contributed by atoms with E-state index in [-0.39, 0.29) is 0 Å². The lowest BCUT2D eigenvalue weighted by Crippen LogP contribution is -2.51. The third-order valence-electron chi connectivity index (χ3n) is 4.22. The van der Waals surface area contributed by atoms with Crippen molar-refractivity contribution in [3.63, 3.8) is 0 Å². The number of nitrogens with zero attached hydrogens (tertiary/aromatic N) is 2. The van der Waals surface area contributed by atoms with Crippen molar-refractivity contribution >= 4 is 5.69 Å². The number of hydrogen-bond acceptors (Lipinski definition) is 3. The second-order valence-electron chi connectivity index (χ2n) is 5.58. The Kier molecular flexibility index (Phi) is 5.23. The fourth-order valence-corrected chi connectivity index (χ4v) is 2.77. The quantitative estimate of drug-likeness (QED) is 0.878. The van der Waals surface area contributed by atoms with Crippen LogP contribution in [0.5, 0.6) is 0 Å². The van der Waals surface area contributed by atoms with Gasteiger partial charge in [-0.25, -0.2) is 0 Å². The highest BCUT2D eigenvalue weighted by Crippen LogP contribution is 2.13. The first-order valence-electron chi connectivity index (χ1n) is 7.42. The molecule has 1 aliphatic rings. The molecular weight excluding hydrogens is 234 g/mol. The normalized spacial score (nSPS) is 21.5. The fraction of sp³-hybridized carbons (Fsp3) is 0.625. The van der Waals surface area contributed by atoms with Crippen LogP contribution in [-0.4, -0.2) is 55.6 Å². The van der Waals surface area contributed by atoms with E-state index in [0.717, 1.165) is 19.1 Å². The van der Waals surface area contributed by atoms with Gasteiger partial charge in [-0.05, 0) is 32.0 Å². The largest absolute Gasteiger partial charge is 0.384 e. The summed E-state index contributed by atoms with van der Waals surface area (Å²) >= 11 is 0. The average molecular weight is 261 g/mol. The van der Waals surface area contributed by atoms with Gasteiger partial charge in [-0.2, -0.15) is 0 Å². The Hall–Kier alpha value is -1.06. The summed E-state index contributed by atoms with van der Waals surface area (Å²) in [6.07, 6.45) is 1.25. The highest BCUT2D eigenvalue weighted by atomic mass is 15.3. The zero-order valence-corrected chi connectivity index (χ0v) is 12.5. The van der Waals surface area contributed by atoms with E-state index in [0.29, 0.717) is 0 Å². The second-order valence-corrected chi connectivity index (χ2v) is 5.58. The summed E-state index contributed by atoms with van der Waals surface area (Å²) in [4.78, 5) is 5.07. The highest BCUT2D eigenvalue weighted by Gasteiger charge is 2.22. The molecule has 0 amide bonds. The lowest BCUT2D eigenvalue weighted by Gasteiger charge is -2.39. The monoisotopic (exact) mass is 261 g/mol. The maximum Gasteiger partial charge on any atom is 0.0370 e. The zero-order chi connectivity index (χ0) is 13.7. The third kappa shape index (κ3) is 3.95. The highest BCUT2D eigenvalue weighted by molar-refractivity contribution is 5.50. The van der Waals surface area contributed by atoms with Crippen molar-refractivity contribution in [2.24, 2.45) is 0 Å². The smallest absolute Gasteiger partial charge is 0.0370 e. The molecule has 106 valence electrons. The molecule has 1 N–H and O–H groups in total. The van der Waals surface area contributed by atoms with Crippen molar-refractivity contribution in [3.05, 3.63) is 29.8 Å². The molecule has 0 bridgehead atoms. The van der Waals surface area contributed by atoms with Gasteiger partial charge in [-0.3, -0.25) is 4.90 Å². The van der Waals surface area contributed by atoms with Gasteiger partial charge < -0.3 is 10.2 Å². The molecule has 1 fully saturated rings. The summed E-state index contributed by atoms with van der Waals surface area (Å²) in [6.45, 7) is 10.2. The van der Waals surface area contributed by atoms with Crippen LogP contribution < -0.4 is 5.32 Å². The van der Waals surface area contributed by atoms with Crippen molar-refractivity contribution in [2.75, 3.05) is 45.1 Å². The van der Waals surface area contributed by atoms with Crippen LogP contribution in [0.4, 0.5) is 5.69 Å². The zero-order valence-electron chi connectivity index (χ0n) is 12.5. The molecule has 0 aliphatic carbocycles. The molecule has 0 aromatic heterocycles. The summed E-state index contributed by atoms with van der Waals surface area (Å²) in [5, 5.41) is 3.55. The van der Waals surface area contributed by atoms with Crippen LogP contribution in [0.15, 0.2) is 24.3 Å². The summed E-state index contributed by atoms with van der Waals surface area (Å²) in [6, 6.07) is 9.23. The van der Waals surface area contributed by atoms with E-state index in [1.165, 1.54) is 37.3 Å². The van der Waals surface area contributed by atoms with Gasteiger partial charge in [0, 0.05) is 44.5 Å². The first kappa shape index (κ1) is 14.4. The third-order valence-corrected chi connectivity index (χ3v) is 4.22. The Balaban J connectivity index is 1.76. The van der Waals surface area contributed by atoms with Crippen LogP contribution in [0.3, 0.4) is 0 Å². The number of para-hydroxylation sites is 1. The summed E-state index contributed by atoms with van der Waals surface area (Å²) in [7, 11) is 2.25. The van der Waals surface area contributed by atoms with Crippen molar-refractivity contribution in [1.82, 2.24) is 9.80 Å². The van der Waals surface area contributed by atoms with E-state index in [4.69, 9.17) is 0 Å². The molecule has 0 spiro atoms. The minimum atomic E-state index is 0.729. The molecule has 1 heterocycles. The standard InChI is InChI=1S/C16H27N3/c1-4-15-13-19(12-11-18(15)3)10-9-17-16-8-6-5-7-14(16)2/h5-8,15,17H,4,9-13H2,1-3H3. The van der Waals surface area contributed by atoms with Crippen LogP contribution in [0, 0.1) is 6.92 Å². The molecule has 1 aliphatic heterocycles. The molecule has 1 aromatic carbocycles. The predicted molar refractivity (Wildman–Crippen MR) is 82.8 cm³/mol. The number of rotatable bonds is 5. The predicted octanol–water partition coefficient (Wildman–Crippen LogP) is 2.43. The Bertz CT molecular complexity index is 391. The van der Waals surface area contributed by atoms with Crippen LogP contribution in [-0.2, 0) is 0 Å². The summed E-state index contributed by atoms with van der Waals surface area (Å²) in [5.41, 5.74) is 2.59. The molecular formula is C16H27N3. The lowest BCUT2D eigenvalue weighted by atomic mass is 10.1. The molecule has 2 rings (SSSR count). The van der Waals surface area contributed by atoms with E-state index in [2.05, 4.69) is 60.3 Å². The van der Waals surface area contributed by atoms with Gasteiger partial charge in [0.25, 0.3) is 0 Å². The second kappa shape index (κ2) is 6.92. The summed E-state index contributed by atoms with van der Waals surface area (Å²) in [5.74, 6) is 0. The van der Waals surface area contributed by atoms with Crippen molar-refractivity contribution < 1.29 is 0 Å². The van der Waals surface area contributed by atoms with Gasteiger partial charge in [0.15, 0.2) is 0 Å². The molecule has 19 heavy (non-hydrogen) atoms. The molecule has 0 saturated carbocycles. The van der Waals surface area contributed by atoms with Crippen LogP contribution in [0.1, 0.15) is 18.9 Å². The Morgan fingerprint density at radius 2 is 2.05 bits per heavy atom. The maximum atomic E-state index is 3.55. The van der Waals surface area contributed by atoms with Gasteiger partial charge >= 0.3 is 0 Å². The van der Waals surface area contributed by atoms with E-state index in [9.17, 15) is 0 Å². The first-order chi connectivity index (χ1) is 9.20. The Labute approximate surface area is 117 Å². The minimum Gasteiger partial charge on any atom is -0.384 e. The molecule has 0 radical (unpaired) electrons. The topological polar surface area (TPSA) is 18.5 Å². The number of hydrogen-bond donors (Lipinski definition) is 1. The van der Waals surface area contributed by atoms with E-state index in [1.54, 1.807) is 0 Å². The molecule has 1 atom stereocenters. The SMILES string of the molecule is CCC1CN(CCNc2ccccc2C)CCN1C. The van der Waals surface area contributed by atoms with Gasteiger partial charge in [0.2, 0.25) is 0 Å². The number of likely N-dealkylation sites (N-methyl/N-ethyl adjacent to an activating group) is 1. The first-order valence-corrected chi connectivity index (χ1v) is 7.42. The summed E-state index contributed by atoms with van der Waals surface area (Å²) < 4.78 is 0. The maximum absolute atomic E-state index is 3.55. The lowest BCUT2D eigenvalue weighted by molar-refractivity contribution is 0.0963. The Morgan fingerprint density at radius 1 is 1.26 bits per heavy atom. The number of benzene rings is 1. The Morgan fingerprint density at radius 3 is 2.79 bits per heavy atom. The molecule has 3 nitrogen and oxygen atoms in total. The van der Waals surface area contributed by atoms with Gasteiger partial charge in [0.05, 0.1) is 0 Å². The number of anilines is 1. The molecule has 3 heteroatoms. The number of piperazine rings is 1. The number of aryl methyl sites for hydroxylation is 1. The van der Waals surface area contributed by atoms with Crippen LogP contribution >= 0.6 is 0 Å². The fourth-order valence-electron chi connectivity index (χ4n) is 2.77. The van der Waals surface area contributed by atoms with Crippen LogP contribution in [0.2, 0.25) is 0 Å². The van der Waals surface area contributed by atoms with E-state index < -0.39 is 0 Å². The number of nitrogens with one attached hydrogen (secondary N) is 1. The van der Waals surface area contributed by atoms with E-state index >= 15 is 0 Å². The van der Waals surface area contributed by atoms with Gasteiger partial charge in [0.1, 0.15) is 0 Å². The molecule has 1 unspecified atom stereocenters. The van der Waals surface area contributed by atoms with Crippen molar-refractivity contribution in [2.45, 2.75) is 26.3 Å².